The first kappa shape index (κ1) is 14.5. The van der Waals surface area contributed by atoms with E-state index in [0.29, 0.717) is 0 Å². The summed E-state index contributed by atoms with van der Waals surface area (Å²) in [4.78, 5) is 8.39. The fourth-order valence-electron chi connectivity index (χ4n) is 0.907. The molecular weight excluding hydrogens is 273 g/mol. The summed E-state index contributed by atoms with van der Waals surface area (Å²) < 4.78 is 2.62. The number of halogens is 1. The van der Waals surface area contributed by atoms with Gasteiger partial charge in [-0.05, 0) is 31.4 Å². The third kappa shape index (κ3) is 3.88. The van der Waals surface area contributed by atoms with Crippen LogP contribution in [0.4, 0.5) is 0 Å². The van der Waals surface area contributed by atoms with Crippen LogP contribution in [0, 0.1) is 0 Å². The van der Waals surface area contributed by atoms with E-state index in [2.05, 4.69) is 35.3 Å². The maximum Gasteiger partial charge on any atom is 0.161 e. The van der Waals surface area contributed by atoms with E-state index in [1.165, 1.54) is 0 Å². The van der Waals surface area contributed by atoms with Gasteiger partial charge in [-0.2, -0.15) is 0 Å². The maximum atomic E-state index is 4.22. The quantitative estimate of drug-likeness (QED) is 0.689. The van der Waals surface area contributed by atoms with Gasteiger partial charge in [0, 0.05) is 6.20 Å². The number of rotatable bonds is 0. The SMILES string of the molecule is CC.CC.Pn1ccc2nc(Br)cnc21. The molecule has 84 valence electrons. The molecule has 2 aromatic heterocycles. The second-order valence-corrected chi connectivity index (χ2v) is 3.49. The highest BCUT2D eigenvalue weighted by atomic mass is 79.9. The van der Waals surface area contributed by atoms with Gasteiger partial charge in [0.2, 0.25) is 0 Å². The predicted octanol–water partition coefficient (Wildman–Crippen LogP) is 3.88. The number of nitrogens with zero attached hydrogens (tertiary/aromatic N) is 3. The van der Waals surface area contributed by atoms with Gasteiger partial charge in [-0.15, -0.1) is 0 Å². The van der Waals surface area contributed by atoms with Crippen molar-refractivity contribution in [2.75, 3.05) is 0 Å². The summed E-state index contributed by atoms with van der Waals surface area (Å²) in [6.07, 6.45) is 3.59. The topological polar surface area (TPSA) is 30.7 Å². The van der Waals surface area contributed by atoms with Crippen molar-refractivity contribution in [3.05, 3.63) is 23.1 Å². The molecule has 0 aromatic carbocycles. The Bertz CT molecular complexity index is 400. The molecule has 0 spiro atoms. The van der Waals surface area contributed by atoms with E-state index in [0.717, 1.165) is 15.8 Å². The Morgan fingerprint density at radius 2 is 1.87 bits per heavy atom. The van der Waals surface area contributed by atoms with Gasteiger partial charge in [0.25, 0.3) is 0 Å². The van der Waals surface area contributed by atoms with Crippen LogP contribution in [0.3, 0.4) is 0 Å². The molecule has 2 heterocycles. The minimum Gasteiger partial charge on any atom is -0.316 e. The van der Waals surface area contributed by atoms with E-state index >= 15 is 0 Å². The lowest BCUT2D eigenvalue weighted by Crippen LogP contribution is -1.83. The van der Waals surface area contributed by atoms with Crippen LogP contribution in [0.1, 0.15) is 27.7 Å². The van der Waals surface area contributed by atoms with Gasteiger partial charge in [-0.25, -0.2) is 9.97 Å². The Morgan fingerprint density at radius 3 is 2.47 bits per heavy atom. The van der Waals surface area contributed by atoms with Crippen molar-refractivity contribution in [3.8, 4) is 0 Å². The van der Waals surface area contributed by atoms with E-state index < -0.39 is 0 Å². The third-order valence-corrected chi connectivity index (χ3v) is 2.19. The first-order chi connectivity index (χ1) is 7.27. The van der Waals surface area contributed by atoms with Gasteiger partial charge in [0.15, 0.2) is 5.65 Å². The van der Waals surface area contributed by atoms with E-state index in [1.807, 2.05) is 44.3 Å². The molecule has 1 unspecified atom stereocenters. The van der Waals surface area contributed by atoms with Gasteiger partial charge in [0.05, 0.1) is 6.20 Å². The third-order valence-electron chi connectivity index (χ3n) is 1.39. The fourth-order valence-corrected chi connectivity index (χ4v) is 1.49. The molecule has 2 rings (SSSR count). The minimum absolute atomic E-state index is 0.765. The number of hydrogen-bond donors (Lipinski definition) is 0. The molecule has 3 nitrogen and oxygen atoms in total. The van der Waals surface area contributed by atoms with Crippen LogP contribution in [0.2, 0.25) is 0 Å². The van der Waals surface area contributed by atoms with Crippen molar-refractivity contribution in [3.63, 3.8) is 0 Å². The van der Waals surface area contributed by atoms with Crippen LogP contribution in [0.15, 0.2) is 23.1 Å². The van der Waals surface area contributed by atoms with Gasteiger partial charge >= 0.3 is 0 Å². The van der Waals surface area contributed by atoms with Crippen LogP contribution in [-0.2, 0) is 0 Å². The molecule has 0 radical (unpaired) electrons. The Balaban J connectivity index is 0.000000442. The van der Waals surface area contributed by atoms with Crippen molar-refractivity contribution in [1.29, 1.82) is 0 Å². The van der Waals surface area contributed by atoms with Crippen LogP contribution in [-0.4, -0.2) is 14.3 Å². The van der Waals surface area contributed by atoms with Crippen molar-refractivity contribution < 1.29 is 0 Å². The molecule has 0 aliphatic heterocycles. The summed E-state index contributed by atoms with van der Waals surface area (Å²) in [5.74, 6) is 0. The normalized spacial score (nSPS) is 8.67. The van der Waals surface area contributed by atoms with Crippen molar-refractivity contribution in [2.24, 2.45) is 0 Å². The van der Waals surface area contributed by atoms with Gasteiger partial charge in [-0.1, -0.05) is 27.7 Å². The zero-order chi connectivity index (χ0) is 11.8. The Kier molecular flexibility index (Phi) is 7.53. The monoisotopic (exact) mass is 289 g/mol. The highest BCUT2D eigenvalue weighted by molar-refractivity contribution is 9.10. The van der Waals surface area contributed by atoms with Crippen LogP contribution in [0.5, 0.6) is 0 Å². The van der Waals surface area contributed by atoms with Gasteiger partial charge < -0.3 is 4.34 Å². The first-order valence-electron chi connectivity index (χ1n) is 5.02. The average Bonchev–Trinajstić information content (AvgIpc) is 2.65. The summed E-state index contributed by atoms with van der Waals surface area (Å²) in [6, 6.07) is 1.92. The largest absolute Gasteiger partial charge is 0.316 e. The van der Waals surface area contributed by atoms with E-state index in [4.69, 9.17) is 0 Å². The first-order valence-corrected chi connectivity index (χ1v) is 6.33. The van der Waals surface area contributed by atoms with Crippen LogP contribution < -0.4 is 0 Å². The molecule has 0 aliphatic carbocycles. The van der Waals surface area contributed by atoms with Crippen molar-refractivity contribution in [2.45, 2.75) is 27.7 Å². The molecule has 15 heavy (non-hydrogen) atoms. The van der Waals surface area contributed by atoms with E-state index in [9.17, 15) is 0 Å². The van der Waals surface area contributed by atoms with Gasteiger partial charge in [-0.3, -0.25) is 0 Å². The second-order valence-electron chi connectivity index (χ2n) is 2.12. The van der Waals surface area contributed by atoms with Crippen molar-refractivity contribution >= 4 is 36.5 Å². The molecule has 0 bridgehead atoms. The highest BCUT2D eigenvalue weighted by Gasteiger charge is 1.99. The molecule has 1 atom stereocenters. The number of hydrogen-bond acceptors (Lipinski definition) is 2. The second kappa shape index (κ2) is 7.77. The molecule has 0 saturated carbocycles. The fraction of sp³-hybridized carbons (Fsp3) is 0.400. The van der Waals surface area contributed by atoms with E-state index in [-0.39, 0.29) is 0 Å². The Morgan fingerprint density at radius 1 is 1.27 bits per heavy atom. The molecule has 2 aromatic rings. The Labute approximate surface area is 102 Å². The summed E-state index contributed by atoms with van der Waals surface area (Å²) in [7, 11) is 2.55. The molecule has 5 heteroatoms. The molecule has 0 fully saturated rings. The molecule has 0 aliphatic rings. The Hall–Kier alpha value is -0.470. The summed E-state index contributed by atoms with van der Waals surface area (Å²) in [5.41, 5.74) is 1.77. The summed E-state index contributed by atoms with van der Waals surface area (Å²) >= 11 is 3.25. The molecule has 0 amide bonds. The zero-order valence-corrected chi connectivity index (χ0v) is 12.3. The molecule has 0 N–H and O–H groups in total. The van der Waals surface area contributed by atoms with E-state index in [1.54, 1.807) is 6.20 Å². The minimum atomic E-state index is 0.765. The lowest BCUT2D eigenvalue weighted by Gasteiger charge is -1.92. The standard InChI is InChI=1S/C6H5BrN3P.2C2H6/c7-5-3-8-6-4(9-5)1-2-10(6)11;2*1-2/h1-3H,11H2;2*1-2H3. The average molecular weight is 290 g/mol. The highest BCUT2D eigenvalue weighted by Crippen LogP contribution is 2.15. The maximum absolute atomic E-state index is 4.22. The summed E-state index contributed by atoms with van der Waals surface area (Å²) in [5, 5.41) is 0. The lowest BCUT2D eigenvalue weighted by molar-refractivity contribution is 1.20. The summed E-state index contributed by atoms with van der Waals surface area (Å²) in [6.45, 7) is 8.00. The predicted molar refractivity (Wildman–Crippen MR) is 73.0 cm³/mol. The lowest BCUT2D eigenvalue weighted by atomic mass is 10.5. The number of aromatic nitrogens is 3. The zero-order valence-electron chi connectivity index (χ0n) is 9.53. The van der Waals surface area contributed by atoms with Crippen LogP contribution >= 0.6 is 25.3 Å². The number of fused-ring (bicyclic) bond motifs is 1. The molecule has 0 saturated heterocycles. The van der Waals surface area contributed by atoms with Gasteiger partial charge in [0.1, 0.15) is 10.1 Å². The van der Waals surface area contributed by atoms with Crippen LogP contribution in [0.25, 0.3) is 11.2 Å². The molecular formula is C10H17BrN3P. The van der Waals surface area contributed by atoms with Crippen molar-refractivity contribution in [1.82, 2.24) is 14.3 Å². The smallest absolute Gasteiger partial charge is 0.161 e.